The molecular formula is C21H16F3N5O2. The molecule has 0 unspecified atom stereocenters. The van der Waals surface area contributed by atoms with Gasteiger partial charge in [0.05, 0.1) is 17.4 Å². The molecule has 2 aromatic carbocycles. The van der Waals surface area contributed by atoms with E-state index in [4.69, 9.17) is 0 Å². The number of nitrogens with one attached hydrogen (secondary N) is 1. The molecule has 0 saturated carbocycles. The third-order valence-electron chi connectivity index (χ3n) is 4.62. The first-order chi connectivity index (χ1) is 14.7. The highest BCUT2D eigenvalue weighted by molar-refractivity contribution is 5.90. The highest BCUT2D eigenvalue weighted by Crippen LogP contribution is 2.30. The Kier molecular flexibility index (Phi) is 5.05. The Bertz CT molecular complexity index is 1320. The van der Waals surface area contributed by atoms with E-state index in [-0.39, 0.29) is 23.3 Å². The van der Waals surface area contributed by atoms with Gasteiger partial charge in [-0.15, -0.1) is 0 Å². The van der Waals surface area contributed by atoms with Crippen molar-refractivity contribution in [3.05, 3.63) is 82.5 Å². The number of anilines is 1. The first-order valence-corrected chi connectivity index (χ1v) is 9.20. The molecule has 0 aliphatic carbocycles. The highest BCUT2D eigenvalue weighted by atomic mass is 19.4. The first kappa shape index (κ1) is 20.3. The molecule has 0 bridgehead atoms. The van der Waals surface area contributed by atoms with Crippen molar-refractivity contribution in [3.8, 4) is 5.69 Å². The molecule has 10 heteroatoms. The van der Waals surface area contributed by atoms with Crippen LogP contribution in [0.3, 0.4) is 0 Å². The second kappa shape index (κ2) is 7.71. The highest BCUT2D eigenvalue weighted by Gasteiger charge is 2.30. The van der Waals surface area contributed by atoms with Crippen LogP contribution in [0.2, 0.25) is 0 Å². The molecule has 2 aromatic heterocycles. The predicted molar refractivity (Wildman–Crippen MR) is 108 cm³/mol. The van der Waals surface area contributed by atoms with E-state index in [0.29, 0.717) is 5.69 Å². The zero-order valence-electron chi connectivity index (χ0n) is 16.2. The summed E-state index contributed by atoms with van der Waals surface area (Å²) in [7, 11) is 0. The number of benzene rings is 2. The van der Waals surface area contributed by atoms with Crippen LogP contribution in [0.15, 0.2) is 65.8 Å². The Labute approximate surface area is 173 Å². The lowest BCUT2D eigenvalue weighted by atomic mass is 10.2. The second-order valence-electron chi connectivity index (χ2n) is 6.93. The zero-order valence-corrected chi connectivity index (χ0v) is 16.2. The summed E-state index contributed by atoms with van der Waals surface area (Å²) in [6.45, 7) is 1.65. The minimum atomic E-state index is -4.51. The van der Waals surface area contributed by atoms with Gasteiger partial charge < -0.3 is 5.32 Å². The number of carbonyl (C=O) groups is 1. The summed E-state index contributed by atoms with van der Waals surface area (Å²) < 4.78 is 41.3. The molecule has 158 valence electrons. The summed E-state index contributed by atoms with van der Waals surface area (Å²) in [5, 5.41) is 6.80. The van der Waals surface area contributed by atoms with Crippen molar-refractivity contribution in [2.75, 3.05) is 5.32 Å². The molecule has 31 heavy (non-hydrogen) atoms. The summed E-state index contributed by atoms with van der Waals surface area (Å²) in [6, 6.07) is 11.7. The maximum absolute atomic E-state index is 13.0. The fourth-order valence-electron chi connectivity index (χ4n) is 3.06. The lowest BCUT2D eigenvalue weighted by Crippen LogP contribution is -2.27. The van der Waals surface area contributed by atoms with Crippen molar-refractivity contribution in [2.45, 2.75) is 19.6 Å². The molecule has 0 spiro atoms. The predicted octanol–water partition coefficient (Wildman–Crippen LogP) is 3.55. The summed E-state index contributed by atoms with van der Waals surface area (Å²) in [5.41, 5.74) is 0.486. The third kappa shape index (κ3) is 4.18. The Hall–Kier alpha value is -3.95. The number of nitrogens with zero attached hydrogens (tertiary/aromatic N) is 4. The Balaban J connectivity index is 1.62. The third-order valence-corrected chi connectivity index (χ3v) is 4.62. The normalized spacial score (nSPS) is 11.6. The minimum absolute atomic E-state index is 0.0862. The Morgan fingerprint density at radius 3 is 2.58 bits per heavy atom. The molecule has 1 amide bonds. The van der Waals surface area contributed by atoms with Gasteiger partial charge in [0, 0.05) is 5.69 Å². The van der Waals surface area contributed by atoms with Gasteiger partial charge >= 0.3 is 6.18 Å². The van der Waals surface area contributed by atoms with E-state index in [9.17, 15) is 22.8 Å². The van der Waals surface area contributed by atoms with Crippen molar-refractivity contribution in [1.29, 1.82) is 0 Å². The van der Waals surface area contributed by atoms with Gasteiger partial charge in [0.1, 0.15) is 18.3 Å². The van der Waals surface area contributed by atoms with Gasteiger partial charge in [-0.25, -0.2) is 9.67 Å². The number of aromatic nitrogens is 4. The van der Waals surface area contributed by atoms with Crippen molar-refractivity contribution in [2.24, 2.45) is 0 Å². The van der Waals surface area contributed by atoms with E-state index in [1.54, 1.807) is 12.1 Å². The minimum Gasteiger partial charge on any atom is -0.325 e. The molecule has 1 N–H and O–H groups in total. The molecule has 0 atom stereocenters. The van der Waals surface area contributed by atoms with Crippen molar-refractivity contribution in [1.82, 2.24) is 19.3 Å². The molecule has 0 aliphatic rings. The largest absolute Gasteiger partial charge is 0.416 e. The van der Waals surface area contributed by atoms with E-state index in [0.717, 1.165) is 26.9 Å². The molecule has 0 radical (unpaired) electrons. The number of rotatable bonds is 4. The average Bonchev–Trinajstić information content (AvgIpc) is 3.16. The number of halogens is 3. The zero-order chi connectivity index (χ0) is 22.2. The fourth-order valence-corrected chi connectivity index (χ4v) is 3.06. The molecule has 2 heterocycles. The van der Waals surface area contributed by atoms with Crippen LogP contribution < -0.4 is 10.9 Å². The Morgan fingerprint density at radius 1 is 1.13 bits per heavy atom. The number of hydrogen-bond donors (Lipinski definition) is 1. The van der Waals surface area contributed by atoms with E-state index in [1.807, 2.05) is 19.1 Å². The van der Waals surface area contributed by atoms with E-state index in [1.165, 1.54) is 24.7 Å². The smallest absolute Gasteiger partial charge is 0.325 e. The lowest BCUT2D eigenvalue weighted by molar-refractivity contribution is -0.137. The van der Waals surface area contributed by atoms with Gasteiger partial charge in [0.25, 0.3) is 5.56 Å². The van der Waals surface area contributed by atoms with Gasteiger partial charge in [0.15, 0.2) is 5.65 Å². The SMILES string of the molecule is Cc1ccc(NC(=O)Cn2cnc3c(cnn3-c3cccc(C(F)(F)F)c3)c2=O)cc1. The van der Waals surface area contributed by atoms with E-state index >= 15 is 0 Å². The standard InChI is InChI=1S/C21H16F3N5O2/c1-13-5-7-15(8-6-13)27-18(30)11-28-12-25-19-17(20(28)31)10-26-29(19)16-4-2-3-14(9-16)21(22,23)24/h2-10,12H,11H2,1H3,(H,27,30). The van der Waals surface area contributed by atoms with Crippen LogP contribution in [0, 0.1) is 6.92 Å². The second-order valence-corrected chi connectivity index (χ2v) is 6.93. The monoisotopic (exact) mass is 427 g/mol. The number of carbonyl (C=O) groups excluding carboxylic acids is 1. The van der Waals surface area contributed by atoms with Crippen LogP contribution >= 0.6 is 0 Å². The van der Waals surface area contributed by atoms with Crippen LogP contribution in [-0.2, 0) is 17.5 Å². The topological polar surface area (TPSA) is 81.8 Å². The number of fused-ring (bicyclic) bond motifs is 1. The van der Waals surface area contributed by atoms with Gasteiger partial charge in [-0.2, -0.15) is 18.3 Å². The van der Waals surface area contributed by atoms with E-state index < -0.39 is 23.2 Å². The van der Waals surface area contributed by atoms with Crippen LogP contribution in [0.25, 0.3) is 16.7 Å². The molecule has 0 aliphatic heterocycles. The number of alkyl halides is 3. The summed E-state index contributed by atoms with van der Waals surface area (Å²) >= 11 is 0. The van der Waals surface area contributed by atoms with Gasteiger partial charge in [-0.3, -0.25) is 14.2 Å². The average molecular weight is 427 g/mol. The fraction of sp³-hybridized carbons (Fsp3) is 0.143. The van der Waals surface area contributed by atoms with Crippen LogP contribution in [0.1, 0.15) is 11.1 Å². The maximum atomic E-state index is 13.0. The van der Waals surface area contributed by atoms with Crippen LogP contribution in [0.5, 0.6) is 0 Å². The quantitative estimate of drug-likeness (QED) is 0.540. The molecular weight excluding hydrogens is 411 g/mol. The molecule has 7 nitrogen and oxygen atoms in total. The van der Waals surface area contributed by atoms with Gasteiger partial charge in [0.2, 0.25) is 5.91 Å². The maximum Gasteiger partial charge on any atom is 0.416 e. The van der Waals surface area contributed by atoms with E-state index in [2.05, 4.69) is 15.4 Å². The molecule has 0 saturated heterocycles. The molecule has 4 aromatic rings. The van der Waals surface area contributed by atoms with Gasteiger partial charge in [-0.05, 0) is 37.3 Å². The van der Waals surface area contributed by atoms with Crippen LogP contribution in [0.4, 0.5) is 18.9 Å². The van der Waals surface area contributed by atoms with Crippen molar-refractivity contribution >= 4 is 22.6 Å². The summed E-state index contributed by atoms with van der Waals surface area (Å²) in [6.07, 6.45) is -2.12. The van der Waals surface area contributed by atoms with Crippen LogP contribution in [-0.4, -0.2) is 25.2 Å². The first-order valence-electron chi connectivity index (χ1n) is 9.20. The summed E-state index contributed by atoms with van der Waals surface area (Å²) in [5.74, 6) is -0.419. The van der Waals surface area contributed by atoms with Crippen molar-refractivity contribution < 1.29 is 18.0 Å². The number of aryl methyl sites for hydroxylation is 1. The van der Waals surface area contributed by atoms with Gasteiger partial charge in [-0.1, -0.05) is 23.8 Å². The summed E-state index contributed by atoms with van der Waals surface area (Å²) in [4.78, 5) is 29.2. The molecule has 4 rings (SSSR count). The molecule has 0 fully saturated rings. The Morgan fingerprint density at radius 2 is 1.87 bits per heavy atom. The number of hydrogen-bond acceptors (Lipinski definition) is 4. The lowest BCUT2D eigenvalue weighted by Gasteiger charge is -2.10. The van der Waals surface area contributed by atoms with Crippen molar-refractivity contribution in [3.63, 3.8) is 0 Å². The number of amides is 1.